The van der Waals surface area contributed by atoms with E-state index in [1.165, 1.54) is 6.07 Å². The molecule has 100 valence electrons. The highest BCUT2D eigenvalue weighted by molar-refractivity contribution is 5.46. The van der Waals surface area contributed by atoms with Crippen LogP contribution in [0.25, 0.3) is 0 Å². The second-order valence-electron chi connectivity index (χ2n) is 4.39. The van der Waals surface area contributed by atoms with Crippen molar-refractivity contribution in [1.29, 1.82) is 0 Å². The molecule has 0 aromatic heterocycles. The number of benzene rings is 2. The fourth-order valence-corrected chi connectivity index (χ4v) is 1.82. The first-order valence-electron chi connectivity index (χ1n) is 6.01. The lowest BCUT2D eigenvalue weighted by molar-refractivity contribution is 0.282. The molecule has 0 radical (unpaired) electrons. The molecule has 0 fully saturated rings. The van der Waals surface area contributed by atoms with E-state index in [4.69, 9.17) is 5.11 Å². The fraction of sp³-hybridized carbons (Fsp3) is 0.200. The predicted molar refractivity (Wildman–Crippen MR) is 70.8 cm³/mol. The molecule has 2 aromatic rings. The van der Waals surface area contributed by atoms with E-state index in [0.717, 1.165) is 17.3 Å². The molecule has 0 amide bonds. The lowest BCUT2D eigenvalue weighted by Gasteiger charge is -2.16. The second kappa shape index (κ2) is 5.80. The number of aliphatic hydroxyl groups excluding tert-OH is 1. The number of rotatable bonds is 4. The van der Waals surface area contributed by atoms with E-state index in [-0.39, 0.29) is 12.6 Å². The normalized spacial score (nSPS) is 12.2. The van der Waals surface area contributed by atoms with Crippen molar-refractivity contribution in [3.63, 3.8) is 0 Å². The average molecular weight is 263 g/mol. The molecule has 19 heavy (non-hydrogen) atoms. The zero-order valence-electron chi connectivity index (χ0n) is 10.5. The molecule has 0 spiro atoms. The standard InChI is InChI=1S/C15H15F2NO/c1-10(12-4-7-14(16)15(17)8-12)18-13-5-2-11(9-19)3-6-13/h2-8,10,18-19H,9H2,1H3. The summed E-state index contributed by atoms with van der Waals surface area (Å²) in [5.41, 5.74) is 2.35. The molecular weight excluding hydrogens is 248 g/mol. The largest absolute Gasteiger partial charge is 0.392 e. The molecule has 4 heteroatoms. The smallest absolute Gasteiger partial charge is 0.159 e. The zero-order valence-corrected chi connectivity index (χ0v) is 10.5. The minimum atomic E-state index is -0.846. The summed E-state index contributed by atoms with van der Waals surface area (Å²) in [5.74, 6) is -1.69. The summed E-state index contributed by atoms with van der Waals surface area (Å²) >= 11 is 0. The topological polar surface area (TPSA) is 32.3 Å². The predicted octanol–water partition coefficient (Wildman–Crippen LogP) is 3.63. The molecule has 2 aromatic carbocycles. The Hall–Kier alpha value is -1.94. The number of halogens is 2. The Morgan fingerprint density at radius 1 is 1.05 bits per heavy atom. The highest BCUT2D eigenvalue weighted by atomic mass is 19.2. The molecule has 0 aliphatic heterocycles. The van der Waals surface area contributed by atoms with Crippen LogP contribution >= 0.6 is 0 Å². The molecule has 2 rings (SSSR count). The third kappa shape index (κ3) is 3.29. The van der Waals surface area contributed by atoms with E-state index in [2.05, 4.69) is 5.32 Å². The first-order valence-corrected chi connectivity index (χ1v) is 6.01. The first kappa shape index (κ1) is 13.5. The van der Waals surface area contributed by atoms with E-state index in [0.29, 0.717) is 5.56 Å². The summed E-state index contributed by atoms with van der Waals surface area (Å²) in [5, 5.41) is 12.1. The number of nitrogens with one attached hydrogen (secondary N) is 1. The van der Waals surface area contributed by atoms with E-state index >= 15 is 0 Å². The molecule has 2 nitrogen and oxygen atoms in total. The van der Waals surface area contributed by atoms with Crippen LogP contribution in [0.4, 0.5) is 14.5 Å². The van der Waals surface area contributed by atoms with Crippen LogP contribution in [-0.4, -0.2) is 5.11 Å². The van der Waals surface area contributed by atoms with Gasteiger partial charge in [0.2, 0.25) is 0 Å². The van der Waals surface area contributed by atoms with Gasteiger partial charge >= 0.3 is 0 Å². The van der Waals surface area contributed by atoms with Gasteiger partial charge in [0.1, 0.15) is 0 Å². The summed E-state index contributed by atoms with van der Waals surface area (Å²) in [6.07, 6.45) is 0. The van der Waals surface area contributed by atoms with Gasteiger partial charge in [-0.15, -0.1) is 0 Å². The van der Waals surface area contributed by atoms with Crippen LogP contribution in [0.1, 0.15) is 24.1 Å². The Bertz CT molecular complexity index is 555. The van der Waals surface area contributed by atoms with Gasteiger partial charge in [0, 0.05) is 11.7 Å². The van der Waals surface area contributed by atoms with Gasteiger partial charge in [-0.1, -0.05) is 18.2 Å². The van der Waals surface area contributed by atoms with Gasteiger partial charge < -0.3 is 10.4 Å². The molecule has 1 unspecified atom stereocenters. The monoisotopic (exact) mass is 263 g/mol. The quantitative estimate of drug-likeness (QED) is 0.882. The summed E-state index contributed by atoms with van der Waals surface area (Å²) in [6, 6.07) is 11.0. The van der Waals surface area contributed by atoms with Crippen LogP contribution in [0.3, 0.4) is 0 Å². The molecule has 1 atom stereocenters. The molecule has 0 bridgehead atoms. The molecule has 2 N–H and O–H groups in total. The highest BCUT2D eigenvalue weighted by Gasteiger charge is 2.09. The van der Waals surface area contributed by atoms with Crippen LogP contribution in [-0.2, 0) is 6.61 Å². The van der Waals surface area contributed by atoms with E-state index < -0.39 is 11.6 Å². The van der Waals surface area contributed by atoms with Crippen molar-refractivity contribution in [1.82, 2.24) is 0 Å². The van der Waals surface area contributed by atoms with Crippen molar-refractivity contribution in [3.05, 3.63) is 65.2 Å². The van der Waals surface area contributed by atoms with Gasteiger partial charge in [0.15, 0.2) is 11.6 Å². The van der Waals surface area contributed by atoms with Crippen molar-refractivity contribution in [2.24, 2.45) is 0 Å². The van der Waals surface area contributed by atoms with Crippen LogP contribution < -0.4 is 5.32 Å². The van der Waals surface area contributed by atoms with Gasteiger partial charge in [-0.2, -0.15) is 0 Å². The van der Waals surface area contributed by atoms with Crippen LogP contribution in [0.5, 0.6) is 0 Å². The fourth-order valence-electron chi connectivity index (χ4n) is 1.82. The molecule has 0 heterocycles. The Balaban J connectivity index is 2.10. The summed E-state index contributed by atoms with van der Waals surface area (Å²) < 4.78 is 26.0. The van der Waals surface area contributed by atoms with Gasteiger partial charge in [-0.3, -0.25) is 0 Å². The van der Waals surface area contributed by atoms with Gasteiger partial charge in [-0.05, 0) is 42.3 Å². The second-order valence-corrected chi connectivity index (χ2v) is 4.39. The minimum absolute atomic E-state index is 0.000985. The van der Waals surface area contributed by atoms with Gasteiger partial charge in [0.25, 0.3) is 0 Å². The first-order chi connectivity index (χ1) is 9.10. The molecule has 0 aliphatic rings. The van der Waals surface area contributed by atoms with Crippen LogP contribution in [0, 0.1) is 11.6 Å². The number of aliphatic hydroxyl groups is 1. The SMILES string of the molecule is CC(Nc1ccc(CO)cc1)c1ccc(F)c(F)c1. The maximum absolute atomic E-state index is 13.1. The summed E-state index contributed by atoms with van der Waals surface area (Å²) in [7, 11) is 0. The maximum atomic E-state index is 13.1. The van der Waals surface area contributed by atoms with E-state index in [1.54, 1.807) is 18.2 Å². The number of hydrogen-bond acceptors (Lipinski definition) is 2. The Morgan fingerprint density at radius 2 is 1.74 bits per heavy atom. The Kier molecular flexibility index (Phi) is 4.12. The van der Waals surface area contributed by atoms with Crippen molar-refractivity contribution in [2.75, 3.05) is 5.32 Å². The van der Waals surface area contributed by atoms with Crippen molar-refractivity contribution >= 4 is 5.69 Å². The number of anilines is 1. The lowest BCUT2D eigenvalue weighted by Crippen LogP contribution is -2.07. The number of hydrogen-bond donors (Lipinski definition) is 2. The van der Waals surface area contributed by atoms with Crippen LogP contribution in [0.15, 0.2) is 42.5 Å². The molecule has 0 aliphatic carbocycles. The zero-order chi connectivity index (χ0) is 13.8. The average Bonchev–Trinajstić information content (AvgIpc) is 2.42. The van der Waals surface area contributed by atoms with Gasteiger partial charge in [-0.25, -0.2) is 8.78 Å². The molecule has 0 saturated heterocycles. The third-order valence-corrected chi connectivity index (χ3v) is 2.96. The minimum Gasteiger partial charge on any atom is -0.392 e. The van der Waals surface area contributed by atoms with E-state index in [1.807, 2.05) is 19.1 Å². The molecule has 0 saturated carbocycles. The van der Waals surface area contributed by atoms with Gasteiger partial charge in [0.05, 0.1) is 6.61 Å². The van der Waals surface area contributed by atoms with Crippen molar-refractivity contribution in [3.8, 4) is 0 Å². The Morgan fingerprint density at radius 3 is 2.32 bits per heavy atom. The lowest BCUT2D eigenvalue weighted by atomic mass is 10.1. The van der Waals surface area contributed by atoms with Crippen molar-refractivity contribution < 1.29 is 13.9 Å². The van der Waals surface area contributed by atoms with Crippen molar-refractivity contribution in [2.45, 2.75) is 19.6 Å². The highest BCUT2D eigenvalue weighted by Crippen LogP contribution is 2.21. The third-order valence-electron chi connectivity index (χ3n) is 2.96. The maximum Gasteiger partial charge on any atom is 0.159 e. The van der Waals surface area contributed by atoms with Crippen LogP contribution in [0.2, 0.25) is 0 Å². The summed E-state index contributed by atoms with van der Waals surface area (Å²) in [4.78, 5) is 0. The van der Waals surface area contributed by atoms with E-state index in [9.17, 15) is 8.78 Å². The Labute approximate surface area is 110 Å². The summed E-state index contributed by atoms with van der Waals surface area (Å²) in [6.45, 7) is 1.87. The molecular formula is C15H15F2NO.